The van der Waals surface area contributed by atoms with Crippen LogP contribution >= 0.6 is 0 Å². The van der Waals surface area contributed by atoms with E-state index in [9.17, 15) is 18.0 Å². The minimum atomic E-state index is -4.82. The van der Waals surface area contributed by atoms with Crippen molar-refractivity contribution in [3.8, 4) is 0 Å². The molecule has 3 rings (SSSR count). The molecule has 1 atom stereocenters. The topological polar surface area (TPSA) is 32.9 Å². The van der Waals surface area contributed by atoms with Crippen LogP contribution in [0.15, 0.2) is 60.8 Å². The number of fused-ring (bicyclic) bond motifs is 1. The van der Waals surface area contributed by atoms with Crippen molar-refractivity contribution in [3.63, 3.8) is 0 Å². The third kappa shape index (κ3) is 3.13. The Morgan fingerprint density at radius 2 is 1.65 bits per heavy atom. The molecule has 0 amide bonds. The molecule has 23 heavy (non-hydrogen) atoms. The average molecular weight is 317 g/mol. The quantitative estimate of drug-likeness (QED) is 0.735. The van der Waals surface area contributed by atoms with Crippen LogP contribution in [0.25, 0.3) is 10.9 Å². The maximum atomic E-state index is 12.7. The predicted octanol–water partition coefficient (Wildman–Crippen LogP) is 4.82. The van der Waals surface area contributed by atoms with Gasteiger partial charge in [0.1, 0.15) is 0 Å². The van der Waals surface area contributed by atoms with E-state index < -0.39 is 24.3 Å². The highest BCUT2D eigenvalue weighted by Crippen LogP contribution is 2.35. The first-order valence-corrected chi connectivity index (χ1v) is 7.18. The molecule has 1 N–H and O–H groups in total. The van der Waals surface area contributed by atoms with Crippen molar-refractivity contribution in [2.75, 3.05) is 0 Å². The van der Waals surface area contributed by atoms with E-state index in [-0.39, 0.29) is 0 Å². The molecule has 0 aliphatic heterocycles. The summed E-state index contributed by atoms with van der Waals surface area (Å²) in [6, 6.07) is 16.2. The van der Waals surface area contributed by atoms with Gasteiger partial charge in [0, 0.05) is 29.4 Å². The van der Waals surface area contributed by atoms with Crippen LogP contribution < -0.4 is 0 Å². The second-order valence-corrected chi connectivity index (χ2v) is 5.38. The molecule has 5 heteroatoms. The number of H-pyrrole nitrogens is 1. The smallest absolute Gasteiger partial charge is 0.361 e. The van der Waals surface area contributed by atoms with Crippen LogP contribution in [0, 0.1) is 0 Å². The van der Waals surface area contributed by atoms with Crippen LogP contribution in [-0.2, 0) is 4.79 Å². The monoisotopic (exact) mass is 317 g/mol. The highest BCUT2D eigenvalue weighted by atomic mass is 19.4. The Morgan fingerprint density at radius 3 is 2.35 bits per heavy atom. The number of carbonyl (C=O) groups excluding carboxylic acids is 1. The van der Waals surface area contributed by atoms with E-state index in [0.29, 0.717) is 11.1 Å². The second kappa shape index (κ2) is 5.91. The molecule has 1 aromatic heterocycles. The predicted molar refractivity (Wildman–Crippen MR) is 82.3 cm³/mol. The number of Topliss-reactive ketones (excluding diaryl/α,β-unsaturated/α-hetero) is 1. The fraction of sp³-hybridized carbons (Fsp3) is 0.167. The van der Waals surface area contributed by atoms with Crippen LogP contribution in [0.4, 0.5) is 13.2 Å². The minimum absolute atomic E-state index is 0.602. The number of para-hydroxylation sites is 1. The molecule has 0 aliphatic carbocycles. The number of alkyl halides is 3. The lowest BCUT2D eigenvalue weighted by molar-refractivity contribution is -0.171. The molecule has 118 valence electrons. The largest absolute Gasteiger partial charge is 0.450 e. The number of carbonyl (C=O) groups is 1. The van der Waals surface area contributed by atoms with Gasteiger partial charge in [-0.2, -0.15) is 13.2 Å². The van der Waals surface area contributed by atoms with Gasteiger partial charge >= 0.3 is 6.18 Å². The van der Waals surface area contributed by atoms with E-state index in [0.717, 1.165) is 10.9 Å². The molecular weight excluding hydrogens is 303 g/mol. The van der Waals surface area contributed by atoms with E-state index in [4.69, 9.17) is 0 Å². The Morgan fingerprint density at radius 1 is 1.00 bits per heavy atom. The Kier molecular flexibility index (Phi) is 3.94. The molecule has 0 saturated heterocycles. The number of rotatable bonds is 4. The maximum absolute atomic E-state index is 12.7. The van der Waals surface area contributed by atoms with E-state index in [1.54, 1.807) is 36.5 Å². The van der Waals surface area contributed by atoms with Gasteiger partial charge in [0.05, 0.1) is 0 Å². The number of ketones is 1. The zero-order chi connectivity index (χ0) is 16.4. The molecule has 0 spiro atoms. The highest BCUT2D eigenvalue weighted by molar-refractivity contribution is 5.88. The van der Waals surface area contributed by atoms with Gasteiger partial charge in [0.15, 0.2) is 0 Å². The number of hydrogen-bond donors (Lipinski definition) is 1. The summed E-state index contributed by atoms with van der Waals surface area (Å²) in [4.78, 5) is 14.6. The lowest BCUT2D eigenvalue weighted by Gasteiger charge is -2.17. The van der Waals surface area contributed by atoms with Crippen LogP contribution in [0.1, 0.15) is 23.5 Å². The van der Waals surface area contributed by atoms with Gasteiger partial charge in [-0.1, -0.05) is 48.5 Å². The summed E-state index contributed by atoms with van der Waals surface area (Å²) >= 11 is 0. The summed E-state index contributed by atoms with van der Waals surface area (Å²) in [5, 5.41) is 0.830. The summed E-state index contributed by atoms with van der Waals surface area (Å²) in [7, 11) is 0. The van der Waals surface area contributed by atoms with Crippen LogP contribution in [0.2, 0.25) is 0 Å². The number of benzene rings is 2. The third-order valence-corrected chi connectivity index (χ3v) is 3.90. The van der Waals surface area contributed by atoms with Crippen molar-refractivity contribution < 1.29 is 18.0 Å². The Balaban J connectivity index is 2.07. The summed E-state index contributed by atoms with van der Waals surface area (Å²) in [5.74, 6) is -2.35. The van der Waals surface area contributed by atoms with Gasteiger partial charge < -0.3 is 4.98 Å². The van der Waals surface area contributed by atoms with Crippen LogP contribution in [-0.4, -0.2) is 16.9 Å². The standard InChI is InChI=1S/C18H14F3NO/c19-18(20,21)17(23)10-14(12-6-2-1-3-7-12)15-11-22-16-9-5-4-8-13(15)16/h1-9,11,14,22H,10H2/t14-/m0/s1. The summed E-state index contributed by atoms with van der Waals surface area (Å²) in [5.41, 5.74) is 2.22. The molecule has 0 saturated carbocycles. The molecular formula is C18H14F3NO. The van der Waals surface area contributed by atoms with Gasteiger partial charge in [0.25, 0.3) is 0 Å². The van der Waals surface area contributed by atoms with E-state index in [1.165, 1.54) is 0 Å². The fourth-order valence-electron chi connectivity index (χ4n) is 2.78. The number of aromatic amines is 1. The molecule has 0 bridgehead atoms. The van der Waals surface area contributed by atoms with Crippen molar-refractivity contribution >= 4 is 16.7 Å². The average Bonchev–Trinajstić information content (AvgIpc) is 2.96. The Bertz CT molecular complexity index is 821. The zero-order valence-electron chi connectivity index (χ0n) is 12.1. The first-order chi connectivity index (χ1) is 11.0. The number of hydrogen-bond acceptors (Lipinski definition) is 1. The molecule has 2 aromatic carbocycles. The molecule has 0 fully saturated rings. The number of halogens is 3. The van der Waals surface area contributed by atoms with Crippen LogP contribution in [0.5, 0.6) is 0 Å². The van der Waals surface area contributed by atoms with Crippen molar-refractivity contribution in [1.82, 2.24) is 4.98 Å². The van der Waals surface area contributed by atoms with Crippen molar-refractivity contribution in [2.24, 2.45) is 0 Å². The summed E-state index contributed by atoms with van der Waals surface area (Å²) in [6.45, 7) is 0. The first-order valence-electron chi connectivity index (χ1n) is 7.18. The molecule has 2 nitrogen and oxygen atoms in total. The van der Waals surface area contributed by atoms with Gasteiger partial charge in [-0.15, -0.1) is 0 Å². The lowest BCUT2D eigenvalue weighted by atomic mass is 9.87. The summed E-state index contributed by atoms with van der Waals surface area (Å²) < 4.78 is 38.2. The maximum Gasteiger partial charge on any atom is 0.450 e. The van der Waals surface area contributed by atoms with Crippen molar-refractivity contribution in [3.05, 3.63) is 71.9 Å². The minimum Gasteiger partial charge on any atom is -0.361 e. The molecule has 0 unspecified atom stereocenters. The van der Waals surface area contributed by atoms with Gasteiger partial charge in [-0.3, -0.25) is 4.79 Å². The van der Waals surface area contributed by atoms with E-state index in [2.05, 4.69) is 4.98 Å². The highest BCUT2D eigenvalue weighted by Gasteiger charge is 2.40. The Hall–Kier alpha value is -2.56. The zero-order valence-corrected chi connectivity index (χ0v) is 12.1. The SMILES string of the molecule is O=C(C[C@@H](c1ccccc1)c1c[nH]c2ccccc12)C(F)(F)F. The third-order valence-electron chi connectivity index (χ3n) is 3.90. The van der Waals surface area contributed by atoms with E-state index >= 15 is 0 Å². The summed E-state index contributed by atoms with van der Waals surface area (Å²) in [6.07, 6.45) is -3.74. The lowest BCUT2D eigenvalue weighted by Crippen LogP contribution is -2.25. The van der Waals surface area contributed by atoms with Gasteiger partial charge in [0.2, 0.25) is 5.78 Å². The molecule has 0 radical (unpaired) electrons. The molecule has 3 aromatic rings. The fourth-order valence-corrected chi connectivity index (χ4v) is 2.78. The number of aromatic nitrogens is 1. The second-order valence-electron chi connectivity index (χ2n) is 5.38. The van der Waals surface area contributed by atoms with Gasteiger partial charge in [-0.25, -0.2) is 0 Å². The normalized spacial score (nSPS) is 13.2. The molecule has 1 heterocycles. The molecule has 0 aliphatic rings. The van der Waals surface area contributed by atoms with Crippen molar-refractivity contribution in [2.45, 2.75) is 18.5 Å². The van der Waals surface area contributed by atoms with E-state index in [1.807, 2.05) is 24.3 Å². The first kappa shape index (κ1) is 15.3. The Labute approximate surface area is 130 Å². The van der Waals surface area contributed by atoms with Gasteiger partial charge in [-0.05, 0) is 17.2 Å². The number of nitrogens with one attached hydrogen (secondary N) is 1. The van der Waals surface area contributed by atoms with Crippen molar-refractivity contribution in [1.29, 1.82) is 0 Å². The van der Waals surface area contributed by atoms with Crippen LogP contribution in [0.3, 0.4) is 0 Å².